The monoisotopic (exact) mass is 307 g/mol. The van der Waals surface area contributed by atoms with E-state index in [0.717, 1.165) is 16.9 Å². The standard InChI is InChI=1S/C18H17N3O2/c1-2-23-15-8-6-12(7-9-15)18-20-16(11-17(22)21-18)13-4-3-5-14(19)10-13/h3-11H,2,19H2,1H3,(H,20,21,22). The van der Waals surface area contributed by atoms with E-state index in [1.54, 1.807) is 12.1 Å². The van der Waals surface area contributed by atoms with Crippen molar-refractivity contribution in [1.29, 1.82) is 0 Å². The normalized spacial score (nSPS) is 10.5. The molecule has 0 aliphatic carbocycles. The van der Waals surface area contributed by atoms with Crippen LogP contribution in [0, 0.1) is 0 Å². The van der Waals surface area contributed by atoms with E-state index in [9.17, 15) is 4.79 Å². The maximum atomic E-state index is 12.0. The molecule has 3 N–H and O–H groups in total. The first-order chi connectivity index (χ1) is 11.2. The van der Waals surface area contributed by atoms with Crippen LogP contribution in [0.1, 0.15) is 6.92 Å². The molecule has 116 valence electrons. The van der Waals surface area contributed by atoms with Gasteiger partial charge in [-0.1, -0.05) is 12.1 Å². The van der Waals surface area contributed by atoms with Gasteiger partial charge in [0.15, 0.2) is 0 Å². The molecule has 3 aromatic rings. The molecule has 0 saturated carbocycles. The quantitative estimate of drug-likeness (QED) is 0.726. The Balaban J connectivity index is 2.02. The highest BCUT2D eigenvalue weighted by molar-refractivity contribution is 5.66. The molecule has 0 aliphatic rings. The Hall–Kier alpha value is -3.08. The number of aromatic nitrogens is 2. The third-order valence-corrected chi connectivity index (χ3v) is 3.36. The van der Waals surface area contributed by atoms with Crippen LogP contribution in [0.3, 0.4) is 0 Å². The van der Waals surface area contributed by atoms with Gasteiger partial charge in [-0.2, -0.15) is 0 Å². The summed E-state index contributed by atoms with van der Waals surface area (Å²) < 4.78 is 5.42. The summed E-state index contributed by atoms with van der Waals surface area (Å²) in [5.41, 5.74) is 8.44. The Morgan fingerprint density at radius 2 is 1.87 bits per heavy atom. The number of nitrogens with one attached hydrogen (secondary N) is 1. The van der Waals surface area contributed by atoms with E-state index in [2.05, 4.69) is 9.97 Å². The lowest BCUT2D eigenvalue weighted by Crippen LogP contribution is -2.08. The molecule has 0 amide bonds. The van der Waals surface area contributed by atoms with E-state index in [1.165, 1.54) is 6.07 Å². The summed E-state index contributed by atoms with van der Waals surface area (Å²) in [5, 5.41) is 0. The van der Waals surface area contributed by atoms with Crippen molar-refractivity contribution in [2.75, 3.05) is 12.3 Å². The minimum absolute atomic E-state index is 0.207. The van der Waals surface area contributed by atoms with Crippen LogP contribution in [0.4, 0.5) is 5.69 Å². The zero-order valence-electron chi connectivity index (χ0n) is 12.7. The highest BCUT2D eigenvalue weighted by Crippen LogP contribution is 2.22. The number of benzene rings is 2. The van der Waals surface area contributed by atoms with Crippen molar-refractivity contribution in [3.05, 3.63) is 65.0 Å². The van der Waals surface area contributed by atoms with Crippen LogP contribution >= 0.6 is 0 Å². The molecule has 2 aromatic carbocycles. The lowest BCUT2D eigenvalue weighted by molar-refractivity contribution is 0.340. The number of aromatic amines is 1. The Morgan fingerprint density at radius 1 is 1.09 bits per heavy atom. The maximum absolute atomic E-state index is 12.0. The van der Waals surface area contributed by atoms with Crippen LogP contribution < -0.4 is 16.0 Å². The largest absolute Gasteiger partial charge is 0.494 e. The third kappa shape index (κ3) is 3.40. The molecule has 0 radical (unpaired) electrons. The summed E-state index contributed by atoms with van der Waals surface area (Å²) in [6.45, 7) is 2.54. The Labute approximate surface area is 133 Å². The van der Waals surface area contributed by atoms with Gasteiger partial charge in [-0.05, 0) is 43.3 Å². The van der Waals surface area contributed by atoms with E-state index in [1.807, 2.05) is 43.3 Å². The van der Waals surface area contributed by atoms with Crippen molar-refractivity contribution in [2.45, 2.75) is 6.92 Å². The molecule has 0 atom stereocenters. The van der Waals surface area contributed by atoms with Gasteiger partial charge in [0.25, 0.3) is 5.56 Å². The van der Waals surface area contributed by atoms with Gasteiger partial charge in [0, 0.05) is 22.9 Å². The van der Waals surface area contributed by atoms with Gasteiger partial charge in [-0.3, -0.25) is 4.79 Å². The molecule has 0 spiro atoms. The predicted molar refractivity (Wildman–Crippen MR) is 91.3 cm³/mol. The molecule has 23 heavy (non-hydrogen) atoms. The topological polar surface area (TPSA) is 81.0 Å². The Bertz CT molecular complexity index is 870. The van der Waals surface area contributed by atoms with Crippen LogP contribution in [0.5, 0.6) is 5.75 Å². The smallest absolute Gasteiger partial charge is 0.251 e. The molecule has 1 heterocycles. The molecule has 1 aromatic heterocycles. The van der Waals surface area contributed by atoms with Crippen LogP contribution in [0.15, 0.2) is 59.4 Å². The average molecular weight is 307 g/mol. The lowest BCUT2D eigenvalue weighted by atomic mass is 10.1. The number of hydrogen-bond acceptors (Lipinski definition) is 4. The van der Waals surface area contributed by atoms with E-state index in [4.69, 9.17) is 10.5 Å². The number of H-pyrrole nitrogens is 1. The first kappa shape index (κ1) is 14.8. The Kier molecular flexibility index (Phi) is 4.10. The van der Waals surface area contributed by atoms with E-state index in [-0.39, 0.29) is 5.56 Å². The minimum atomic E-state index is -0.207. The molecule has 0 fully saturated rings. The zero-order chi connectivity index (χ0) is 16.2. The molecule has 5 heteroatoms. The molecule has 0 saturated heterocycles. The number of ether oxygens (including phenoxy) is 1. The van der Waals surface area contributed by atoms with E-state index >= 15 is 0 Å². The van der Waals surface area contributed by atoms with Gasteiger partial charge >= 0.3 is 0 Å². The number of rotatable bonds is 4. The fourth-order valence-corrected chi connectivity index (χ4v) is 2.32. The van der Waals surface area contributed by atoms with Crippen LogP contribution in [0.2, 0.25) is 0 Å². The second-order valence-electron chi connectivity index (χ2n) is 5.06. The van der Waals surface area contributed by atoms with Crippen molar-refractivity contribution in [3.8, 4) is 28.4 Å². The summed E-state index contributed by atoms with van der Waals surface area (Å²) in [6.07, 6.45) is 0. The van der Waals surface area contributed by atoms with Crippen molar-refractivity contribution in [3.63, 3.8) is 0 Å². The minimum Gasteiger partial charge on any atom is -0.494 e. The summed E-state index contributed by atoms with van der Waals surface area (Å²) >= 11 is 0. The van der Waals surface area contributed by atoms with Gasteiger partial charge in [0.2, 0.25) is 0 Å². The molecule has 0 unspecified atom stereocenters. The summed E-state index contributed by atoms with van der Waals surface area (Å²) in [6, 6.07) is 16.2. The first-order valence-corrected chi connectivity index (χ1v) is 7.36. The molecular weight excluding hydrogens is 290 g/mol. The van der Waals surface area contributed by atoms with Gasteiger partial charge in [-0.15, -0.1) is 0 Å². The molecule has 3 rings (SSSR count). The SMILES string of the molecule is CCOc1ccc(-c2nc(-c3cccc(N)c3)cc(=O)[nH]2)cc1. The van der Waals surface area contributed by atoms with E-state index in [0.29, 0.717) is 23.8 Å². The highest BCUT2D eigenvalue weighted by atomic mass is 16.5. The van der Waals surface area contributed by atoms with E-state index < -0.39 is 0 Å². The Morgan fingerprint density at radius 3 is 2.57 bits per heavy atom. The number of nitrogens with two attached hydrogens (primary N) is 1. The van der Waals surface area contributed by atoms with Gasteiger partial charge in [0.05, 0.1) is 12.3 Å². The van der Waals surface area contributed by atoms with Gasteiger partial charge < -0.3 is 15.5 Å². The predicted octanol–water partition coefficient (Wildman–Crippen LogP) is 3.08. The lowest BCUT2D eigenvalue weighted by Gasteiger charge is -2.07. The summed E-state index contributed by atoms with van der Waals surface area (Å²) in [4.78, 5) is 19.3. The van der Waals surface area contributed by atoms with Gasteiger partial charge in [0.1, 0.15) is 11.6 Å². The molecule has 0 aliphatic heterocycles. The maximum Gasteiger partial charge on any atom is 0.251 e. The summed E-state index contributed by atoms with van der Waals surface area (Å²) in [7, 11) is 0. The second-order valence-corrected chi connectivity index (χ2v) is 5.06. The van der Waals surface area contributed by atoms with Crippen LogP contribution in [-0.4, -0.2) is 16.6 Å². The molecular formula is C18H17N3O2. The van der Waals surface area contributed by atoms with Crippen molar-refractivity contribution in [2.24, 2.45) is 0 Å². The second kappa shape index (κ2) is 6.36. The fourth-order valence-electron chi connectivity index (χ4n) is 2.32. The van der Waals surface area contributed by atoms with Crippen molar-refractivity contribution >= 4 is 5.69 Å². The average Bonchev–Trinajstić information content (AvgIpc) is 2.55. The zero-order valence-corrected chi connectivity index (χ0v) is 12.7. The van der Waals surface area contributed by atoms with Crippen LogP contribution in [0.25, 0.3) is 22.6 Å². The molecule has 5 nitrogen and oxygen atoms in total. The van der Waals surface area contributed by atoms with Crippen molar-refractivity contribution in [1.82, 2.24) is 9.97 Å². The number of nitrogen functional groups attached to an aromatic ring is 1. The summed E-state index contributed by atoms with van der Waals surface area (Å²) in [5.74, 6) is 1.29. The fraction of sp³-hybridized carbons (Fsp3) is 0.111. The number of nitrogens with zero attached hydrogens (tertiary/aromatic N) is 1. The van der Waals surface area contributed by atoms with Gasteiger partial charge in [-0.25, -0.2) is 4.98 Å². The number of hydrogen-bond donors (Lipinski definition) is 2. The molecule has 0 bridgehead atoms. The van der Waals surface area contributed by atoms with Crippen molar-refractivity contribution < 1.29 is 4.74 Å². The third-order valence-electron chi connectivity index (χ3n) is 3.36. The van der Waals surface area contributed by atoms with Crippen LogP contribution in [-0.2, 0) is 0 Å². The highest BCUT2D eigenvalue weighted by Gasteiger charge is 2.07. The first-order valence-electron chi connectivity index (χ1n) is 7.36. The number of anilines is 1.